The fourth-order valence-corrected chi connectivity index (χ4v) is 1.89. The van der Waals surface area contributed by atoms with Crippen LogP contribution in [-0.4, -0.2) is 29.0 Å². The number of nitrogens with zero attached hydrogens (tertiary/aromatic N) is 1. The maximum absolute atomic E-state index is 12.2. The average molecular weight is 316 g/mol. The fraction of sp³-hybridized carbons (Fsp3) is 0.0667. The topological polar surface area (TPSA) is 119 Å². The first-order valence-corrected chi connectivity index (χ1v) is 6.39. The van der Waals surface area contributed by atoms with Crippen molar-refractivity contribution in [2.75, 3.05) is 12.4 Å². The minimum Gasteiger partial charge on any atom is -0.497 e. The molecule has 2 aromatic carbocycles. The highest BCUT2D eigenvalue weighted by Gasteiger charge is 2.20. The van der Waals surface area contributed by atoms with E-state index in [0.29, 0.717) is 11.4 Å². The van der Waals surface area contributed by atoms with Gasteiger partial charge in [-0.2, -0.15) is 0 Å². The van der Waals surface area contributed by atoms with Crippen molar-refractivity contribution < 1.29 is 24.4 Å². The van der Waals surface area contributed by atoms with E-state index in [9.17, 15) is 19.7 Å². The number of anilines is 1. The van der Waals surface area contributed by atoms with E-state index in [-0.39, 0.29) is 5.56 Å². The normalized spacial score (nSPS) is 9.96. The summed E-state index contributed by atoms with van der Waals surface area (Å²) in [7, 11) is 1.50. The number of carboxylic acid groups (broad SMARTS) is 1. The number of carbonyl (C=O) groups is 2. The van der Waals surface area contributed by atoms with Crippen molar-refractivity contribution in [3.05, 3.63) is 63.7 Å². The van der Waals surface area contributed by atoms with Crippen LogP contribution >= 0.6 is 0 Å². The van der Waals surface area contributed by atoms with Gasteiger partial charge in [0.15, 0.2) is 0 Å². The van der Waals surface area contributed by atoms with Gasteiger partial charge < -0.3 is 15.2 Å². The molecule has 0 saturated heterocycles. The minimum atomic E-state index is -1.42. The molecule has 0 aromatic heterocycles. The molecule has 8 heteroatoms. The second-order valence-corrected chi connectivity index (χ2v) is 4.47. The smallest absolute Gasteiger partial charge is 0.336 e. The van der Waals surface area contributed by atoms with E-state index < -0.39 is 28.1 Å². The monoisotopic (exact) mass is 316 g/mol. The molecule has 1 amide bonds. The number of carboxylic acids is 1. The number of hydrogen-bond donors (Lipinski definition) is 2. The Morgan fingerprint density at radius 2 is 1.78 bits per heavy atom. The Morgan fingerprint density at radius 3 is 2.30 bits per heavy atom. The van der Waals surface area contributed by atoms with Gasteiger partial charge in [0.05, 0.1) is 23.2 Å². The molecule has 118 valence electrons. The molecule has 23 heavy (non-hydrogen) atoms. The maximum Gasteiger partial charge on any atom is 0.336 e. The number of nitrogens with one attached hydrogen (secondary N) is 1. The summed E-state index contributed by atoms with van der Waals surface area (Å²) in [6, 6.07) is 9.47. The molecule has 0 unspecified atom stereocenters. The third kappa shape index (κ3) is 3.62. The molecule has 0 radical (unpaired) electrons. The summed E-state index contributed by atoms with van der Waals surface area (Å²) < 4.78 is 4.99. The van der Waals surface area contributed by atoms with E-state index in [1.54, 1.807) is 24.3 Å². The second kappa shape index (κ2) is 6.56. The molecule has 0 heterocycles. The van der Waals surface area contributed by atoms with Crippen molar-refractivity contribution in [1.82, 2.24) is 0 Å². The van der Waals surface area contributed by atoms with E-state index in [4.69, 9.17) is 9.84 Å². The summed E-state index contributed by atoms with van der Waals surface area (Å²) in [5, 5.41) is 22.4. The molecule has 8 nitrogen and oxygen atoms in total. The van der Waals surface area contributed by atoms with Crippen molar-refractivity contribution >= 4 is 23.3 Å². The van der Waals surface area contributed by atoms with Crippen LogP contribution in [0.5, 0.6) is 5.75 Å². The number of hydrogen-bond acceptors (Lipinski definition) is 5. The van der Waals surface area contributed by atoms with Crippen LogP contribution < -0.4 is 10.1 Å². The number of carbonyl (C=O) groups excluding carboxylic acids is 1. The van der Waals surface area contributed by atoms with Crippen LogP contribution in [0.1, 0.15) is 20.7 Å². The van der Waals surface area contributed by atoms with E-state index in [2.05, 4.69) is 5.32 Å². The zero-order chi connectivity index (χ0) is 17.0. The summed E-state index contributed by atoms with van der Waals surface area (Å²) in [5.41, 5.74) is -0.571. The second-order valence-electron chi connectivity index (χ2n) is 4.47. The summed E-state index contributed by atoms with van der Waals surface area (Å²) in [5.74, 6) is -1.50. The van der Waals surface area contributed by atoms with Gasteiger partial charge in [0.1, 0.15) is 5.75 Å². The quantitative estimate of drug-likeness (QED) is 0.646. The predicted octanol–water partition coefficient (Wildman–Crippen LogP) is 2.55. The van der Waals surface area contributed by atoms with E-state index in [1.807, 2.05) is 0 Å². The van der Waals surface area contributed by atoms with Crippen LogP contribution in [0.2, 0.25) is 0 Å². The average Bonchev–Trinajstić information content (AvgIpc) is 2.54. The lowest BCUT2D eigenvalue weighted by Crippen LogP contribution is -2.16. The number of non-ortho nitro benzene ring substituents is 1. The van der Waals surface area contributed by atoms with Gasteiger partial charge in [0.2, 0.25) is 0 Å². The van der Waals surface area contributed by atoms with Crippen LogP contribution in [0, 0.1) is 10.1 Å². The molecular weight excluding hydrogens is 304 g/mol. The lowest BCUT2D eigenvalue weighted by molar-refractivity contribution is -0.384. The molecule has 0 atom stereocenters. The molecule has 0 aliphatic rings. The molecule has 0 fully saturated rings. The number of methoxy groups -OCH3 is 1. The Balaban J connectivity index is 2.30. The zero-order valence-electron chi connectivity index (χ0n) is 12.0. The summed E-state index contributed by atoms with van der Waals surface area (Å²) in [6.07, 6.45) is 0. The molecule has 0 bridgehead atoms. The van der Waals surface area contributed by atoms with Gasteiger partial charge in [-0.1, -0.05) is 0 Å². The standard InChI is InChI=1S/C15H12N2O6/c1-23-11-5-2-9(3-6-11)16-14(18)12-7-4-10(17(21)22)8-13(12)15(19)20/h2-8H,1H3,(H,16,18)(H,19,20). The minimum absolute atomic E-state index is 0.168. The molecule has 0 saturated carbocycles. The van der Waals surface area contributed by atoms with Gasteiger partial charge in [0, 0.05) is 17.8 Å². The Morgan fingerprint density at radius 1 is 1.13 bits per heavy atom. The number of nitro groups is 1. The Kier molecular flexibility index (Phi) is 4.55. The van der Waals surface area contributed by atoms with Crippen LogP contribution in [0.25, 0.3) is 0 Å². The van der Waals surface area contributed by atoms with Crippen LogP contribution in [0.4, 0.5) is 11.4 Å². The van der Waals surface area contributed by atoms with Gasteiger partial charge in [0.25, 0.3) is 11.6 Å². The van der Waals surface area contributed by atoms with Gasteiger partial charge in [-0.25, -0.2) is 4.79 Å². The van der Waals surface area contributed by atoms with E-state index in [1.165, 1.54) is 7.11 Å². The van der Waals surface area contributed by atoms with Crippen LogP contribution in [0.15, 0.2) is 42.5 Å². The van der Waals surface area contributed by atoms with E-state index >= 15 is 0 Å². The lowest BCUT2D eigenvalue weighted by Gasteiger charge is -2.08. The van der Waals surface area contributed by atoms with Crippen LogP contribution in [0.3, 0.4) is 0 Å². The third-order valence-corrected chi connectivity index (χ3v) is 3.04. The fourth-order valence-electron chi connectivity index (χ4n) is 1.89. The molecule has 0 spiro atoms. The highest BCUT2D eigenvalue weighted by Crippen LogP contribution is 2.20. The molecular formula is C15H12N2O6. The first-order valence-electron chi connectivity index (χ1n) is 6.39. The SMILES string of the molecule is COc1ccc(NC(=O)c2ccc([N+](=O)[O-])cc2C(=O)O)cc1. The Bertz CT molecular complexity index is 770. The number of aromatic carboxylic acids is 1. The van der Waals surface area contributed by atoms with Gasteiger partial charge in [-0.05, 0) is 30.3 Å². The number of benzene rings is 2. The first kappa shape index (κ1) is 16.0. The first-order chi connectivity index (χ1) is 10.9. The molecule has 2 aromatic rings. The van der Waals surface area contributed by atoms with Gasteiger partial charge in [-0.15, -0.1) is 0 Å². The van der Waals surface area contributed by atoms with Gasteiger partial charge >= 0.3 is 5.97 Å². The summed E-state index contributed by atoms with van der Waals surface area (Å²) >= 11 is 0. The van der Waals surface area contributed by atoms with Crippen molar-refractivity contribution in [2.24, 2.45) is 0 Å². The van der Waals surface area contributed by atoms with Crippen molar-refractivity contribution in [1.29, 1.82) is 0 Å². The third-order valence-electron chi connectivity index (χ3n) is 3.04. The molecule has 0 aliphatic heterocycles. The molecule has 2 N–H and O–H groups in total. The molecule has 2 rings (SSSR count). The number of amides is 1. The number of rotatable bonds is 5. The van der Waals surface area contributed by atoms with Crippen LogP contribution in [-0.2, 0) is 0 Å². The molecule has 0 aliphatic carbocycles. The lowest BCUT2D eigenvalue weighted by atomic mass is 10.1. The number of ether oxygens (including phenoxy) is 1. The predicted molar refractivity (Wildman–Crippen MR) is 81.0 cm³/mol. The largest absolute Gasteiger partial charge is 0.497 e. The van der Waals surface area contributed by atoms with E-state index in [0.717, 1.165) is 18.2 Å². The highest BCUT2D eigenvalue weighted by molar-refractivity contribution is 6.11. The van der Waals surface area contributed by atoms with Crippen molar-refractivity contribution in [3.8, 4) is 5.75 Å². The zero-order valence-corrected chi connectivity index (χ0v) is 12.0. The van der Waals surface area contributed by atoms with Crippen molar-refractivity contribution in [3.63, 3.8) is 0 Å². The maximum atomic E-state index is 12.2. The Labute approximate surface area is 130 Å². The number of nitro benzene ring substituents is 1. The summed E-state index contributed by atoms with van der Waals surface area (Å²) in [6.45, 7) is 0. The van der Waals surface area contributed by atoms with Gasteiger partial charge in [-0.3, -0.25) is 14.9 Å². The highest BCUT2D eigenvalue weighted by atomic mass is 16.6. The van der Waals surface area contributed by atoms with Crippen molar-refractivity contribution in [2.45, 2.75) is 0 Å². The Hall–Kier alpha value is -3.42. The summed E-state index contributed by atoms with van der Waals surface area (Å²) in [4.78, 5) is 33.4.